The lowest BCUT2D eigenvalue weighted by Gasteiger charge is -2.07. The predicted octanol–water partition coefficient (Wildman–Crippen LogP) is 2.22. The number of benzene rings is 1. The number of rotatable bonds is 4. The van der Waals surface area contributed by atoms with Crippen LogP contribution < -0.4 is 0 Å². The maximum atomic E-state index is 12.1. The van der Waals surface area contributed by atoms with Gasteiger partial charge in [-0.2, -0.15) is 13.2 Å². The van der Waals surface area contributed by atoms with Gasteiger partial charge in [0.15, 0.2) is 5.71 Å². The number of halogens is 3. The van der Waals surface area contributed by atoms with Gasteiger partial charge in [0, 0.05) is 6.42 Å². The molecule has 0 aromatic heterocycles. The second-order valence-corrected chi connectivity index (χ2v) is 3.54. The van der Waals surface area contributed by atoms with Gasteiger partial charge in [0.05, 0.1) is 7.11 Å². The Morgan fingerprint density at radius 3 is 2.68 bits per heavy atom. The number of alkyl halides is 3. The van der Waals surface area contributed by atoms with Crippen LogP contribution in [0.4, 0.5) is 13.2 Å². The Morgan fingerprint density at radius 2 is 2.16 bits per heavy atom. The average Bonchev–Trinajstić information content (AvgIpc) is 2.33. The molecule has 0 fully saturated rings. The molecular formula is C12H10F3NO3. The van der Waals surface area contributed by atoms with Crippen LogP contribution in [0.5, 0.6) is 0 Å². The molecule has 1 aromatic carbocycles. The fraction of sp³-hybridized carbons (Fsp3) is 0.250. The highest BCUT2D eigenvalue weighted by atomic mass is 19.4. The van der Waals surface area contributed by atoms with Crippen LogP contribution >= 0.6 is 0 Å². The maximum Gasteiger partial charge on any atom is 0.400 e. The number of carbonyl (C=O) groups excluding carboxylic acids is 1. The molecule has 0 bridgehead atoms. The first kappa shape index (κ1) is 15.0. The Labute approximate surface area is 107 Å². The number of hydrogen-bond donors (Lipinski definition) is 1. The highest BCUT2D eigenvalue weighted by molar-refractivity contribution is 6.36. The van der Waals surface area contributed by atoms with Crippen LogP contribution in [0.2, 0.25) is 0 Å². The molecule has 2 radical (unpaired) electrons. The molecule has 7 heteroatoms. The van der Waals surface area contributed by atoms with Gasteiger partial charge in [-0.05, 0) is 11.1 Å². The second kappa shape index (κ2) is 6.21. The van der Waals surface area contributed by atoms with Crippen molar-refractivity contribution in [1.29, 1.82) is 0 Å². The van der Waals surface area contributed by atoms with Crippen molar-refractivity contribution in [2.75, 3.05) is 7.11 Å². The molecule has 1 aromatic rings. The molecule has 0 heterocycles. The van der Waals surface area contributed by atoms with Crippen LogP contribution in [0, 0.1) is 6.42 Å². The lowest BCUT2D eigenvalue weighted by Crippen LogP contribution is -2.18. The molecule has 0 atom stereocenters. The summed E-state index contributed by atoms with van der Waals surface area (Å²) in [6, 6.07) is 5.30. The predicted molar refractivity (Wildman–Crippen MR) is 59.8 cm³/mol. The van der Waals surface area contributed by atoms with Crippen LogP contribution in [-0.4, -0.2) is 30.2 Å². The minimum absolute atomic E-state index is 0.142. The Balaban J connectivity index is 2.85. The average molecular weight is 273 g/mol. The third-order valence-corrected chi connectivity index (χ3v) is 2.13. The third kappa shape index (κ3) is 4.99. The number of carbonyl (C=O) groups is 1. The van der Waals surface area contributed by atoms with Crippen molar-refractivity contribution >= 4 is 11.7 Å². The van der Waals surface area contributed by atoms with Crippen molar-refractivity contribution in [3.63, 3.8) is 0 Å². The molecule has 0 saturated heterocycles. The van der Waals surface area contributed by atoms with E-state index in [2.05, 4.69) is 9.89 Å². The van der Waals surface area contributed by atoms with Crippen LogP contribution in [0.1, 0.15) is 11.1 Å². The summed E-state index contributed by atoms with van der Waals surface area (Å²) in [6.45, 7) is 0. The smallest absolute Gasteiger partial charge is 0.400 e. The monoisotopic (exact) mass is 273 g/mol. The van der Waals surface area contributed by atoms with Crippen LogP contribution in [0.25, 0.3) is 0 Å². The molecular weight excluding hydrogens is 263 g/mol. The van der Waals surface area contributed by atoms with Crippen molar-refractivity contribution in [3.05, 3.63) is 41.8 Å². The topological polar surface area (TPSA) is 58.9 Å². The van der Waals surface area contributed by atoms with Gasteiger partial charge in [0.25, 0.3) is 0 Å². The van der Waals surface area contributed by atoms with Gasteiger partial charge >= 0.3 is 12.1 Å². The largest absolute Gasteiger partial charge is 0.464 e. The summed E-state index contributed by atoms with van der Waals surface area (Å²) in [7, 11) is 1.11. The van der Waals surface area contributed by atoms with Crippen molar-refractivity contribution in [2.24, 2.45) is 5.16 Å². The van der Waals surface area contributed by atoms with Gasteiger partial charge in [-0.25, -0.2) is 4.79 Å². The summed E-state index contributed by atoms with van der Waals surface area (Å²) in [5.41, 5.74) is -0.105. The first-order valence-electron chi connectivity index (χ1n) is 5.09. The lowest BCUT2D eigenvalue weighted by molar-refractivity contribution is -0.133. The van der Waals surface area contributed by atoms with E-state index < -0.39 is 12.1 Å². The summed E-state index contributed by atoms with van der Waals surface area (Å²) in [4.78, 5) is 11.2. The summed E-state index contributed by atoms with van der Waals surface area (Å²) in [5, 5.41) is 11.4. The Kier molecular flexibility index (Phi) is 4.91. The quantitative estimate of drug-likeness (QED) is 0.396. The summed E-state index contributed by atoms with van der Waals surface area (Å²) in [6.07, 6.45) is -3.35. The lowest BCUT2D eigenvalue weighted by atomic mass is 10.0. The number of nitrogens with zero attached hydrogens (tertiary/aromatic N) is 1. The van der Waals surface area contributed by atoms with Crippen LogP contribution in [0.3, 0.4) is 0 Å². The SMILES string of the molecule is COC(=O)/C(Cc1cccc([C]C(F)(F)F)c1)=N\O. The number of methoxy groups -OCH3 is 1. The number of ether oxygens (including phenoxy) is 1. The summed E-state index contributed by atoms with van der Waals surface area (Å²) >= 11 is 0. The van der Waals surface area contributed by atoms with Crippen LogP contribution in [-0.2, 0) is 16.0 Å². The highest BCUT2D eigenvalue weighted by Gasteiger charge is 2.29. The fourth-order valence-corrected chi connectivity index (χ4v) is 1.38. The molecule has 0 aliphatic heterocycles. The fourth-order valence-electron chi connectivity index (χ4n) is 1.38. The number of hydrogen-bond acceptors (Lipinski definition) is 4. The minimum Gasteiger partial charge on any atom is -0.464 e. The molecule has 0 saturated carbocycles. The number of oxime groups is 1. The van der Waals surface area contributed by atoms with Crippen molar-refractivity contribution < 1.29 is 27.9 Å². The second-order valence-electron chi connectivity index (χ2n) is 3.54. The van der Waals surface area contributed by atoms with Gasteiger partial charge < -0.3 is 9.94 Å². The molecule has 4 nitrogen and oxygen atoms in total. The van der Waals surface area contributed by atoms with E-state index in [0.717, 1.165) is 7.11 Å². The van der Waals surface area contributed by atoms with E-state index in [4.69, 9.17) is 5.21 Å². The van der Waals surface area contributed by atoms with Gasteiger partial charge in [0.1, 0.15) is 6.42 Å². The normalized spacial score (nSPS) is 12.3. The van der Waals surface area contributed by atoms with Crippen LogP contribution in [0.15, 0.2) is 29.4 Å². The summed E-state index contributed by atoms with van der Waals surface area (Å²) in [5.74, 6) is -0.850. The maximum absolute atomic E-state index is 12.1. The molecule has 0 amide bonds. The third-order valence-electron chi connectivity index (χ3n) is 2.13. The molecule has 0 unspecified atom stereocenters. The number of esters is 1. The minimum atomic E-state index is -4.55. The Hall–Kier alpha value is -2.05. The van der Waals surface area contributed by atoms with E-state index in [1.165, 1.54) is 30.7 Å². The van der Waals surface area contributed by atoms with E-state index in [1.807, 2.05) is 0 Å². The van der Waals surface area contributed by atoms with E-state index in [0.29, 0.717) is 5.56 Å². The van der Waals surface area contributed by atoms with Crippen molar-refractivity contribution in [3.8, 4) is 0 Å². The first-order chi connectivity index (χ1) is 8.85. The van der Waals surface area contributed by atoms with Gasteiger partial charge in [-0.3, -0.25) is 0 Å². The van der Waals surface area contributed by atoms with Gasteiger partial charge in [0.2, 0.25) is 0 Å². The molecule has 1 rings (SSSR count). The zero-order valence-corrected chi connectivity index (χ0v) is 9.86. The zero-order valence-electron chi connectivity index (χ0n) is 9.86. The molecule has 0 aliphatic carbocycles. The van der Waals surface area contributed by atoms with E-state index in [1.54, 1.807) is 0 Å². The van der Waals surface area contributed by atoms with E-state index in [-0.39, 0.29) is 17.7 Å². The molecule has 0 spiro atoms. The summed E-state index contributed by atoms with van der Waals surface area (Å²) < 4.78 is 40.8. The van der Waals surface area contributed by atoms with Crippen molar-refractivity contribution in [2.45, 2.75) is 12.6 Å². The van der Waals surface area contributed by atoms with E-state index >= 15 is 0 Å². The molecule has 1 N–H and O–H groups in total. The first-order valence-corrected chi connectivity index (χ1v) is 5.09. The zero-order chi connectivity index (χ0) is 14.5. The van der Waals surface area contributed by atoms with Gasteiger partial charge in [-0.15, -0.1) is 0 Å². The van der Waals surface area contributed by atoms with Gasteiger partial charge in [-0.1, -0.05) is 29.4 Å². The molecule has 0 aliphatic rings. The molecule has 19 heavy (non-hydrogen) atoms. The standard InChI is InChI=1S/C12H10F3NO3/c1-19-11(17)10(16-18)6-8-3-2-4-9(5-8)7-12(13,14)15/h2-5,18H,6H2,1H3/b16-10-. The Morgan fingerprint density at radius 1 is 1.47 bits per heavy atom. The highest BCUT2D eigenvalue weighted by Crippen LogP contribution is 2.24. The van der Waals surface area contributed by atoms with E-state index in [9.17, 15) is 18.0 Å². The molecule has 102 valence electrons. The Bertz CT molecular complexity index is 483. The van der Waals surface area contributed by atoms with Crippen molar-refractivity contribution in [1.82, 2.24) is 0 Å².